The van der Waals surface area contributed by atoms with Crippen LogP contribution < -0.4 is 4.74 Å². The summed E-state index contributed by atoms with van der Waals surface area (Å²) in [6.07, 6.45) is 5.45. The number of ether oxygens (including phenoxy) is 1. The summed E-state index contributed by atoms with van der Waals surface area (Å²) in [6.45, 7) is 8.35. The van der Waals surface area contributed by atoms with Gasteiger partial charge in [-0.25, -0.2) is 4.79 Å². The van der Waals surface area contributed by atoms with Crippen LogP contribution in [0.25, 0.3) is 11.1 Å². The maximum absolute atomic E-state index is 12.8. The Hall–Kier alpha value is -3.11. The zero-order chi connectivity index (χ0) is 26.2. The van der Waals surface area contributed by atoms with Crippen LogP contribution in [0.1, 0.15) is 83.4 Å². The molecule has 1 aliphatic rings. The molecule has 1 aliphatic carbocycles. The molecule has 0 unspecified atom stereocenters. The fraction of sp³-hybridized carbons (Fsp3) is 0.355. The van der Waals surface area contributed by atoms with Crippen LogP contribution in [-0.4, -0.2) is 16.9 Å². The van der Waals surface area contributed by atoms with Gasteiger partial charge in [0.25, 0.3) is 0 Å². The van der Waals surface area contributed by atoms with Crippen molar-refractivity contribution < 1.29 is 19.4 Å². The molecule has 0 atom stereocenters. The van der Waals surface area contributed by atoms with E-state index in [-0.39, 0.29) is 16.4 Å². The third-order valence-electron chi connectivity index (χ3n) is 6.84. The molecule has 3 aromatic rings. The molecule has 4 rings (SSSR count). The minimum absolute atomic E-state index is 0.0782. The fourth-order valence-corrected chi connectivity index (χ4v) is 4.91. The normalized spacial score (nSPS) is 13.1. The van der Waals surface area contributed by atoms with E-state index < -0.39 is 5.97 Å². The minimum atomic E-state index is -1.05. The van der Waals surface area contributed by atoms with Crippen molar-refractivity contribution in [3.05, 3.63) is 87.4 Å². The Labute approximate surface area is 219 Å². The first-order chi connectivity index (χ1) is 17.3. The number of aromatic carboxylic acids is 1. The monoisotopic (exact) mass is 506 g/mol. The van der Waals surface area contributed by atoms with E-state index in [2.05, 4.69) is 0 Å². The minimum Gasteiger partial charge on any atom is -0.489 e. The first-order valence-corrected chi connectivity index (χ1v) is 13.1. The number of ketones is 1. The van der Waals surface area contributed by atoms with Crippen LogP contribution in [0.3, 0.4) is 0 Å². The molecule has 36 heavy (non-hydrogen) atoms. The number of hydrogen-bond donors (Lipinski definition) is 1. The lowest BCUT2D eigenvalue weighted by molar-refractivity contribution is 0.0696. The second-order valence-electron chi connectivity index (χ2n) is 9.13. The fourth-order valence-electron chi connectivity index (χ4n) is 4.71. The molecule has 190 valence electrons. The van der Waals surface area contributed by atoms with Crippen LogP contribution in [0.4, 0.5) is 0 Å². The van der Waals surface area contributed by atoms with Gasteiger partial charge in [-0.05, 0) is 77.9 Å². The summed E-state index contributed by atoms with van der Waals surface area (Å²) < 4.78 is 6.12. The van der Waals surface area contributed by atoms with E-state index >= 15 is 0 Å². The number of rotatable bonds is 8. The van der Waals surface area contributed by atoms with Gasteiger partial charge in [-0.2, -0.15) is 0 Å². The Morgan fingerprint density at radius 2 is 1.61 bits per heavy atom. The molecule has 3 aromatic carbocycles. The molecule has 0 bridgehead atoms. The van der Waals surface area contributed by atoms with Crippen molar-refractivity contribution in [3.63, 3.8) is 0 Å². The van der Waals surface area contributed by atoms with E-state index in [4.69, 9.17) is 16.3 Å². The van der Waals surface area contributed by atoms with Crippen LogP contribution in [0.5, 0.6) is 5.75 Å². The van der Waals surface area contributed by atoms with Crippen molar-refractivity contribution >= 4 is 23.4 Å². The molecule has 0 heterocycles. The highest BCUT2D eigenvalue weighted by atomic mass is 35.5. The van der Waals surface area contributed by atoms with Crippen molar-refractivity contribution in [2.45, 2.75) is 66.4 Å². The maximum atomic E-state index is 12.8. The lowest BCUT2D eigenvalue weighted by Gasteiger charge is -2.16. The predicted molar refractivity (Wildman–Crippen MR) is 146 cm³/mol. The second kappa shape index (κ2) is 12.7. The third-order valence-corrected chi connectivity index (χ3v) is 7.17. The quantitative estimate of drug-likeness (QED) is 0.310. The molecule has 0 aromatic heterocycles. The standard InChI is InChI=1S/C29H29ClO4.C2H6/c1-18-19(2)28(13-11-24(18)27(31)15-20-6-3-4-7-20)34-17-21-8-5-9-22(14-21)23-10-12-26(30)25(16-23)29(32)33;1-2/h5,8-14,16,20H,3-4,6-7,15,17H2,1-2H3,(H,32,33);1-2H3. The van der Waals surface area contributed by atoms with Gasteiger partial charge in [-0.3, -0.25) is 4.79 Å². The molecule has 0 saturated heterocycles. The topological polar surface area (TPSA) is 63.6 Å². The largest absolute Gasteiger partial charge is 0.489 e. The van der Waals surface area contributed by atoms with Gasteiger partial charge in [0.1, 0.15) is 12.4 Å². The smallest absolute Gasteiger partial charge is 0.337 e. The molecule has 1 fully saturated rings. The molecule has 1 saturated carbocycles. The number of benzene rings is 3. The first kappa shape index (κ1) is 27.5. The van der Waals surface area contributed by atoms with E-state index in [1.54, 1.807) is 12.1 Å². The van der Waals surface area contributed by atoms with Crippen molar-refractivity contribution in [1.29, 1.82) is 0 Å². The van der Waals surface area contributed by atoms with Gasteiger partial charge in [0, 0.05) is 12.0 Å². The molecule has 0 spiro atoms. The molecule has 0 aliphatic heterocycles. The number of carboxylic acids is 1. The van der Waals surface area contributed by atoms with Crippen LogP contribution in [0, 0.1) is 19.8 Å². The maximum Gasteiger partial charge on any atom is 0.337 e. The van der Waals surface area contributed by atoms with Crippen molar-refractivity contribution in [3.8, 4) is 16.9 Å². The second-order valence-corrected chi connectivity index (χ2v) is 9.54. The van der Waals surface area contributed by atoms with E-state index in [1.807, 2.05) is 70.2 Å². The number of halogens is 1. The van der Waals surface area contributed by atoms with E-state index in [0.717, 1.165) is 52.0 Å². The van der Waals surface area contributed by atoms with Gasteiger partial charge >= 0.3 is 5.97 Å². The number of hydrogen-bond acceptors (Lipinski definition) is 3. The van der Waals surface area contributed by atoms with Crippen LogP contribution in [-0.2, 0) is 6.61 Å². The summed E-state index contributed by atoms with van der Waals surface area (Å²) in [5.41, 5.74) is 5.48. The van der Waals surface area contributed by atoms with Gasteiger partial charge in [0.05, 0.1) is 10.6 Å². The zero-order valence-electron chi connectivity index (χ0n) is 21.6. The summed E-state index contributed by atoms with van der Waals surface area (Å²) in [5, 5.41) is 9.56. The van der Waals surface area contributed by atoms with Crippen molar-refractivity contribution in [2.75, 3.05) is 0 Å². The first-order valence-electron chi connectivity index (χ1n) is 12.7. The lowest BCUT2D eigenvalue weighted by atomic mass is 9.92. The lowest BCUT2D eigenvalue weighted by Crippen LogP contribution is -2.09. The summed E-state index contributed by atoms with van der Waals surface area (Å²) >= 11 is 6.01. The van der Waals surface area contributed by atoms with E-state index in [0.29, 0.717) is 18.9 Å². The molecular formula is C31H35ClO4. The molecule has 0 amide bonds. The molecule has 1 N–H and O–H groups in total. The SMILES string of the molecule is CC.Cc1c(OCc2cccc(-c3ccc(Cl)c(C(=O)O)c3)c2)ccc(C(=O)CC2CCCC2)c1C. The van der Waals surface area contributed by atoms with Gasteiger partial charge in [0.2, 0.25) is 0 Å². The number of carbonyl (C=O) groups excluding carboxylic acids is 1. The summed E-state index contributed by atoms with van der Waals surface area (Å²) in [5.74, 6) is 0.473. The number of carbonyl (C=O) groups is 2. The predicted octanol–water partition coefficient (Wildman–Crippen LogP) is 8.69. The Morgan fingerprint density at radius 3 is 2.31 bits per heavy atom. The van der Waals surface area contributed by atoms with Gasteiger partial charge in [0.15, 0.2) is 5.78 Å². The summed E-state index contributed by atoms with van der Waals surface area (Å²) in [4.78, 5) is 24.3. The van der Waals surface area contributed by atoms with Crippen LogP contribution >= 0.6 is 11.6 Å². The Morgan fingerprint density at radius 1 is 0.917 bits per heavy atom. The number of carboxylic acid groups (broad SMARTS) is 1. The molecule has 4 nitrogen and oxygen atoms in total. The third kappa shape index (κ3) is 6.55. The van der Waals surface area contributed by atoms with Gasteiger partial charge < -0.3 is 9.84 Å². The average molecular weight is 507 g/mol. The average Bonchev–Trinajstić information content (AvgIpc) is 3.39. The Balaban J connectivity index is 0.00000176. The Kier molecular flexibility index (Phi) is 9.72. The van der Waals surface area contributed by atoms with Crippen LogP contribution in [0.15, 0.2) is 54.6 Å². The summed E-state index contributed by atoms with van der Waals surface area (Å²) in [7, 11) is 0. The van der Waals surface area contributed by atoms with Crippen molar-refractivity contribution in [2.24, 2.45) is 5.92 Å². The van der Waals surface area contributed by atoms with E-state index in [1.165, 1.54) is 12.8 Å². The molecule has 5 heteroatoms. The molecule has 0 radical (unpaired) electrons. The van der Waals surface area contributed by atoms with Crippen LogP contribution in [0.2, 0.25) is 5.02 Å². The highest BCUT2D eigenvalue weighted by Gasteiger charge is 2.21. The zero-order valence-corrected chi connectivity index (χ0v) is 22.3. The highest BCUT2D eigenvalue weighted by molar-refractivity contribution is 6.33. The highest BCUT2D eigenvalue weighted by Crippen LogP contribution is 2.32. The summed E-state index contributed by atoms with van der Waals surface area (Å²) in [6, 6.07) is 16.6. The molecular weight excluding hydrogens is 472 g/mol. The van der Waals surface area contributed by atoms with Gasteiger partial charge in [-0.1, -0.05) is 75.4 Å². The van der Waals surface area contributed by atoms with Gasteiger partial charge in [-0.15, -0.1) is 0 Å². The van der Waals surface area contributed by atoms with Crippen molar-refractivity contribution in [1.82, 2.24) is 0 Å². The van der Waals surface area contributed by atoms with E-state index in [9.17, 15) is 14.7 Å². The Bertz CT molecular complexity index is 1230. The number of Topliss-reactive ketones (excluding diaryl/α,β-unsaturated/α-hetero) is 1.